The zero-order chi connectivity index (χ0) is 16.3. The van der Waals surface area contributed by atoms with Gasteiger partial charge < -0.3 is 14.9 Å². The van der Waals surface area contributed by atoms with E-state index in [1.54, 1.807) is 0 Å². The van der Waals surface area contributed by atoms with Crippen LogP contribution in [-0.2, 0) is 6.18 Å². The minimum Gasteiger partial charge on any atom is -0.489 e. The second kappa shape index (κ2) is 6.43. The van der Waals surface area contributed by atoms with E-state index in [1.807, 2.05) is 0 Å². The molecule has 0 spiro atoms. The van der Waals surface area contributed by atoms with Crippen LogP contribution >= 0.6 is 0 Å². The first kappa shape index (κ1) is 16.4. The molecular formula is C14H16F3NO4. The van der Waals surface area contributed by atoms with Crippen LogP contribution in [0.15, 0.2) is 24.3 Å². The maximum atomic E-state index is 12.5. The monoisotopic (exact) mass is 319 g/mol. The number of nitrogens with zero attached hydrogens (tertiary/aromatic N) is 1. The van der Waals surface area contributed by atoms with Crippen LogP contribution in [0.2, 0.25) is 0 Å². The van der Waals surface area contributed by atoms with Crippen molar-refractivity contribution in [2.75, 3.05) is 13.2 Å². The standard InChI is InChI=1S/C14H16F3NO4/c15-14(16,17)9-1-4-11(5-2-9)22-12-6-3-10(8-19)18(7-12)13(20)21/h1-2,4-5,10,12,19H,3,6-8H2,(H,20,21)/t10-,12-/m0/s1. The number of amides is 1. The lowest BCUT2D eigenvalue weighted by Gasteiger charge is -2.36. The lowest BCUT2D eigenvalue weighted by atomic mass is 10.0. The van der Waals surface area contributed by atoms with E-state index in [-0.39, 0.29) is 18.9 Å². The highest BCUT2D eigenvalue weighted by molar-refractivity contribution is 5.65. The summed E-state index contributed by atoms with van der Waals surface area (Å²) in [6.45, 7) is -0.194. The Morgan fingerprint density at radius 3 is 2.41 bits per heavy atom. The Labute approximate surface area is 124 Å². The topological polar surface area (TPSA) is 70.0 Å². The second-order valence-electron chi connectivity index (χ2n) is 5.11. The number of aliphatic hydroxyl groups is 1. The number of alkyl halides is 3. The molecule has 1 amide bonds. The second-order valence-corrected chi connectivity index (χ2v) is 5.11. The fraction of sp³-hybridized carbons (Fsp3) is 0.500. The lowest BCUT2D eigenvalue weighted by Crippen LogP contribution is -2.51. The summed E-state index contributed by atoms with van der Waals surface area (Å²) in [5.74, 6) is 0.255. The number of hydrogen-bond donors (Lipinski definition) is 2. The van der Waals surface area contributed by atoms with E-state index < -0.39 is 30.0 Å². The molecule has 0 bridgehead atoms. The normalized spacial score (nSPS) is 22.5. The molecule has 0 aromatic heterocycles. The van der Waals surface area contributed by atoms with Gasteiger partial charge in [0.05, 0.1) is 24.8 Å². The molecule has 22 heavy (non-hydrogen) atoms. The molecule has 2 atom stereocenters. The van der Waals surface area contributed by atoms with Crippen LogP contribution in [0.4, 0.5) is 18.0 Å². The summed E-state index contributed by atoms with van der Waals surface area (Å²) >= 11 is 0. The van der Waals surface area contributed by atoms with Gasteiger partial charge in [-0.15, -0.1) is 0 Å². The van der Waals surface area contributed by atoms with Gasteiger partial charge in [0.2, 0.25) is 0 Å². The Bertz CT molecular complexity index is 518. The average molecular weight is 319 g/mol. The Morgan fingerprint density at radius 2 is 1.91 bits per heavy atom. The zero-order valence-electron chi connectivity index (χ0n) is 11.6. The number of benzene rings is 1. The van der Waals surface area contributed by atoms with Crippen LogP contribution < -0.4 is 4.74 Å². The molecule has 1 fully saturated rings. The lowest BCUT2D eigenvalue weighted by molar-refractivity contribution is -0.137. The van der Waals surface area contributed by atoms with E-state index in [2.05, 4.69) is 0 Å². The molecule has 0 unspecified atom stereocenters. The van der Waals surface area contributed by atoms with Crippen molar-refractivity contribution in [3.8, 4) is 5.75 Å². The Hall–Kier alpha value is -1.96. The Kier molecular flexibility index (Phi) is 4.80. The van der Waals surface area contributed by atoms with Crippen LogP contribution in [0.25, 0.3) is 0 Å². The molecule has 8 heteroatoms. The molecule has 2 N–H and O–H groups in total. The highest BCUT2D eigenvalue weighted by atomic mass is 19.4. The molecule has 0 radical (unpaired) electrons. The summed E-state index contributed by atoms with van der Waals surface area (Å²) in [5, 5.41) is 18.2. The van der Waals surface area contributed by atoms with Gasteiger partial charge in [-0.25, -0.2) is 4.79 Å². The maximum absolute atomic E-state index is 12.5. The molecule has 1 aliphatic rings. The van der Waals surface area contributed by atoms with Crippen molar-refractivity contribution >= 4 is 6.09 Å². The number of piperidine rings is 1. The van der Waals surface area contributed by atoms with Crippen molar-refractivity contribution in [2.24, 2.45) is 0 Å². The minimum atomic E-state index is -4.40. The van der Waals surface area contributed by atoms with E-state index in [0.29, 0.717) is 12.8 Å². The molecule has 1 aromatic carbocycles. The fourth-order valence-electron chi connectivity index (χ4n) is 2.43. The number of carboxylic acid groups (broad SMARTS) is 1. The molecule has 1 aliphatic heterocycles. The number of rotatable bonds is 3. The van der Waals surface area contributed by atoms with Crippen LogP contribution in [-0.4, -0.2) is 46.5 Å². The third-order valence-corrected chi connectivity index (χ3v) is 3.60. The number of aliphatic hydroxyl groups excluding tert-OH is 1. The number of halogens is 3. The van der Waals surface area contributed by atoms with E-state index in [1.165, 1.54) is 12.1 Å². The van der Waals surface area contributed by atoms with Crippen molar-refractivity contribution in [1.29, 1.82) is 0 Å². The molecule has 1 heterocycles. The molecule has 0 saturated carbocycles. The Balaban J connectivity index is 2.00. The summed E-state index contributed by atoms with van der Waals surface area (Å²) in [6.07, 6.45) is -5.04. The van der Waals surface area contributed by atoms with E-state index in [9.17, 15) is 18.0 Å². The van der Waals surface area contributed by atoms with Crippen molar-refractivity contribution in [3.05, 3.63) is 29.8 Å². The van der Waals surface area contributed by atoms with Gasteiger partial charge in [0, 0.05) is 0 Å². The van der Waals surface area contributed by atoms with Crippen molar-refractivity contribution in [3.63, 3.8) is 0 Å². The molecule has 2 rings (SSSR count). The number of ether oxygens (including phenoxy) is 1. The van der Waals surface area contributed by atoms with Crippen molar-refractivity contribution in [1.82, 2.24) is 4.90 Å². The number of hydrogen-bond acceptors (Lipinski definition) is 3. The first-order chi connectivity index (χ1) is 10.3. The van der Waals surface area contributed by atoms with Crippen molar-refractivity contribution < 1.29 is 32.9 Å². The predicted molar refractivity (Wildman–Crippen MR) is 70.7 cm³/mol. The molecule has 122 valence electrons. The van der Waals surface area contributed by atoms with Crippen LogP contribution in [0.1, 0.15) is 18.4 Å². The predicted octanol–water partition coefficient (Wildman–Crippen LogP) is 2.59. The summed E-state index contributed by atoms with van der Waals surface area (Å²) < 4.78 is 42.9. The molecule has 5 nitrogen and oxygen atoms in total. The van der Waals surface area contributed by atoms with Crippen LogP contribution in [0.3, 0.4) is 0 Å². The van der Waals surface area contributed by atoms with Gasteiger partial charge in [0.25, 0.3) is 0 Å². The molecule has 1 aromatic rings. The third kappa shape index (κ3) is 3.82. The number of carbonyl (C=O) groups is 1. The van der Waals surface area contributed by atoms with Gasteiger partial charge in [-0.3, -0.25) is 4.90 Å². The first-order valence-electron chi connectivity index (χ1n) is 6.75. The van der Waals surface area contributed by atoms with E-state index in [4.69, 9.17) is 14.9 Å². The molecule has 1 saturated heterocycles. The summed E-state index contributed by atoms with van der Waals surface area (Å²) in [5.41, 5.74) is -0.768. The zero-order valence-corrected chi connectivity index (χ0v) is 11.6. The van der Waals surface area contributed by atoms with E-state index in [0.717, 1.165) is 17.0 Å². The fourth-order valence-corrected chi connectivity index (χ4v) is 2.43. The highest BCUT2D eigenvalue weighted by Gasteiger charge is 2.33. The van der Waals surface area contributed by atoms with E-state index >= 15 is 0 Å². The molecule has 0 aliphatic carbocycles. The van der Waals surface area contributed by atoms with Gasteiger partial charge in [0.15, 0.2) is 0 Å². The number of likely N-dealkylation sites (tertiary alicyclic amines) is 1. The van der Waals surface area contributed by atoms with Gasteiger partial charge in [-0.05, 0) is 37.1 Å². The average Bonchev–Trinajstić information content (AvgIpc) is 2.46. The van der Waals surface area contributed by atoms with Crippen LogP contribution in [0, 0.1) is 0 Å². The van der Waals surface area contributed by atoms with Gasteiger partial charge >= 0.3 is 12.3 Å². The Morgan fingerprint density at radius 1 is 1.27 bits per heavy atom. The van der Waals surface area contributed by atoms with Gasteiger partial charge in [-0.1, -0.05) is 0 Å². The van der Waals surface area contributed by atoms with Crippen molar-refractivity contribution in [2.45, 2.75) is 31.2 Å². The van der Waals surface area contributed by atoms with Gasteiger partial charge in [0.1, 0.15) is 11.9 Å². The SMILES string of the molecule is O=C(O)N1C[C@@H](Oc2ccc(C(F)(F)F)cc2)CC[C@H]1CO. The smallest absolute Gasteiger partial charge is 0.416 e. The van der Waals surface area contributed by atoms with Gasteiger partial charge in [-0.2, -0.15) is 13.2 Å². The summed E-state index contributed by atoms with van der Waals surface area (Å²) in [7, 11) is 0. The van der Waals surface area contributed by atoms with Crippen LogP contribution in [0.5, 0.6) is 5.75 Å². The highest BCUT2D eigenvalue weighted by Crippen LogP contribution is 2.31. The largest absolute Gasteiger partial charge is 0.489 e. The molecular weight excluding hydrogens is 303 g/mol. The summed E-state index contributed by atoms with van der Waals surface area (Å²) in [6, 6.07) is 3.80. The minimum absolute atomic E-state index is 0.0710. The quantitative estimate of drug-likeness (QED) is 0.898. The third-order valence-electron chi connectivity index (χ3n) is 3.60. The maximum Gasteiger partial charge on any atom is 0.416 e. The first-order valence-corrected chi connectivity index (χ1v) is 6.75. The summed E-state index contributed by atoms with van der Waals surface area (Å²) in [4.78, 5) is 12.2.